The summed E-state index contributed by atoms with van der Waals surface area (Å²) in [4.78, 5) is 11.5. The molecule has 0 radical (unpaired) electrons. The molecular formula is C23H45NO3. The molecule has 4 nitrogen and oxygen atoms in total. The molecule has 0 aromatic carbocycles. The minimum absolute atomic E-state index is 0.00305. The van der Waals surface area contributed by atoms with Crippen LogP contribution >= 0.6 is 0 Å². The molecule has 0 aliphatic carbocycles. The van der Waals surface area contributed by atoms with Crippen molar-refractivity contribution >= 4 is 6.16 Å². The Morgan fingerprint density at radius 1 is 0.778 bits per heavy atom. The molecule has 1 saturated heterocycles. The molecule has 0 amide bonds. The number of hydrogen-bond donors (Lipinski definition) is 1. The maximum Gasteiger partial charge on any atom is 0.508 e. The minimum Gasteiger partial charge on any atom is -0.434 e. The van der Waals surface area contributed by atoms with Crippen LogP contribution in [0.4, 0.5) is 4.79 Å². The van der Waals surface area contributed by atoms with Crippen LogP contribution in [0, 0.1) is 0 Å². The van der Waals surface area contributed by atoms with Crippen LogP contribution in [0.1, 0.15) is 116 Å². The molecular weight excluding hydrogens is 338 g/mol. The molecule has 0 spiro atoms. The first-order valence-electron chi connectivity index (χ1n) is 11.9. The molecule has 160 valence electrons. The minimum atomic E-state index is -0.496. The highest BCUT2D eigenvalue weighted by Gasteiger charge is 2.19. The molecule has 27 heavy (non-hydrogen) atoms. The van der Waals surface area contributed by atoms with E-state index in [4.69, 9.17) is 9.47 Å². The largest absolute Gasteiger partial charge is 0.508 e. The normalized spacial score (nSPS) is 16.6. The van der Waals surface area contributed by atoms with E-state index >= 15 is 0 Å². The van der Waals surface area contributed by atoms with Crippen LogP contribution in [0.5, 0.6) is 0 Å². The molecule has 4 heteroatoms. The number of carbonyl (C=O) groups is 1. The van der Waals surface area contributed by atoms with E-state index in [1.165, 1.54) is 89.9 Å². The van der Waals surface area contributed by atoms with Gasteiger partial charge in [0.05, 0.1) is 6.61 Å². The van der Waals surface area contributed by atoms with Crippen LogP contribution in [0.15, 0.2) is 0 Å². The summed E-state index contributed by atoms with van der Waals surface area (Å²) in [6, 6.07) is 0. The van der Waals surface area contributed by atoms with Gasteiger partial charge >= 0.3 is 6.16 Å². The summed E-state index contributed by atoms with van der Waals surface area (Å²) in [5.74, 6) is 0. The van der Waals surface area contributed by atoms with Crippen LogP contribution < -0.4 is 5.32 Å². The molecule has 1 atom stereocenters. The Bertz CT molecular complexity index is 330. The SMILES string of the molecule is CCCCCCCCCCCCCCCCCCOC(=O)OC1CCNC1. The van der Waals surface area contributed by atoms with Crippen molar-refractivity contribution in [1.82, 2.24) is 5.32 Å². The van der Waals surface area contributed by atoms with Gasteiger partial charge < -0.3 is 14.8 Å². The second kappa shape index (κ2) is 18.6. The lowest BCUT2D eigenvalue weighted by molar-refractivity contribution is 0.0287. The van der Waals surface area contributed by atoms with Crippen molar-refractivity contribution in [3.63, 3.8) is 0 Å². The molecule has 1 N–H and O–H groups in total. The summed E-state index contributed by atoms with van der Waals surface area (Å²) in [6.07, 6.45) is 22.0. The molecule has 1 aliphatic heterocycles. The van der Waals surface area contributed by atoms with Gasteiger partial charge in [0.1, 0.15) is 6.10 Å². The first-order valence-corrected chi connectivity index (χ1v) is 11.9. The average molecular weight is 384 g/mol. The number of hydrogen-bond acceptors (Lipinski definition) is 4. The van der Waals surface area contributed by atoms with Gasteiger partial charge in [0.2, 0.25) is 0 Å². The maximum atomic E-state index is 11.5. The first kappa shape index (κ1) is 24.3. The predicted molar refractivity (Wildman–Crippen MR) is 113 cm³/mol. The molecule has 1 fully saturated rings. The Hall–Kier alpha value is -0.770. The molecule has 1 heterocycles. The van der Waals surface area contributed by atoms with Crippen molar-refractivity contribution in [2.24, 2.45) is 0 Å². The van der Waals surface area contributed by atoms with Gasteiger partial charge in [0.15, 0.2) is 0 Å². The fraction of sp³-hybridized carbons (Fsp3) is 0.957. The Morgan fingerprint density at radius 3 is 1.70 bits per heavy atom. The average Bonchev–Trinajstić information content (AvgIpc) is 3.17. The number of carbonyl (C=O) groups excluding carboxylic acids is 1. The maximum absolute atomic E-state index is 11.5. The fourth-order valence-corrected chi connectivity index (χ4v) is 3.70. The number of ether oxygens (including phenoxy) is 2. The second-order valence-corrected chi connectivity index (χ2v) is 8.13. The van der Waals surface area contributed by atoms with E-state index in [-0.39, 0.29) is 6.10 Å². The molecule has 0 aromatic heterocycles. The highest BCUT2D eigenvalue weighted by Crippen LogP contribution is 2.13. The quantitative estimate of drug-likeness (QED) is 0.210. The number of rotatable bonds is 18. The van der Waals surface area contributed by atoms with Crippen LogP contribution in [0.3, 0.4) is 0 Å². The van der Waals surface area contributed by atoms with Gasteiger partial charge in [-0.2, -0.15) is 0 Å². The second-order valence-electron chi connectivity index (χ2n) is 8.13. The van der Waals surface area contributed by atoms with E-state index in [9.17, 15) is 4.79 Å². The van der Waals surface area contributed by atoms with Crippen molar-refractivity contribution < 1.29 is 14.3 Å². The number of nitrogens with one attached hydrogen (secondary N) is 1. The van der Waals surface area contributed by atoms with Crippen LogP contribution in [0.25, 0.3) is 0 Å². The highest BCUT2D eigenvalue weighted by atomic mass is 16.7. The molecule has 1 rings (SSSR count). The highest BCUT2D eigenvalue weighted by molar-refractivity contribution is 5.60. The summed E-state index contributed by atoms with van der Waals surface area (Å²) >= 11 is 0. The summed E-state index contributed by atoms with van der Waals surface area (Å²) in [5.41, 5.74) is 0. The lowest BCUT2D eigenvalue weighted by Gasteiger charge is -2.10. The Labute approximate surface area is 168 Å². The topological polar surface area (TPSA) is 47.6 Å². The van der Waals surface area contributed by atoms with Crippen LogP contribution in [-0.2, 0) is 9.47 Å². The van der Waals surface area contributed by atoms with Gasteiger partial charge in [-0.05, 0) is 19.4 Å². The number of unbranched alkanes of at least 4 members (excludes halogenated alkanes) is 15. The van der Waals surface area contributed by atoms with Gasteiger partial charge in [0, 0.05) is 6.54 Å². The van der Waals surface area contributed by atoms with Gasteiger partial charge in [-0.15, -0.1) is 0 Å². The summed E-state index contributed by atoms with van der Waals surface area (Å²) in [6.45, 7) is 4.46. The standard InChI is InChI=1S/C23H45NO3/c1-2-3-4-5-6-7-8-9-10-11-12-13-14-15-16-17-20-26-23(25)27-22-18-19-24-21-22/h22,24H,2-21H2,1H3. The molecule has 0 saturated carbocycles. The van der Waals surface area contributed by atoms with Crippen LogP contribution in [-0.4, -0.2) is 32.0 Å². The Kier molecular flexibility index (Phi) is 16.7. The first-order chi connectivity index (χ1) is 13.3. The third kappa shape index (κ3) is 15.9. The summed E-state index contributed by atoms with van der Waals surface area (Å²) < 4.78 is 10.4. The third-order valence-electron chi connectivity index (χ3n) is 5.50. The van der Waals surface area contributed by atoms with Crippen molar-refractivity contribution in [2.75, 3.05) is 19.7 Å². The summed E-state index contributed by atoms with van der Waals surface area (Å²) in [7, 11) is 0. The van der Waals surface area contributed by atoms with E-state index < -0.39 is 6.16 Å². The van der Waals surface area contributed by atoms with Gasteiger partial charge in [-0.1, -0.05) is 103 Å². The Morgan fingerprint density at radius 2 is 1.26 bits per heavy atom. The fourth-order valence-electron chi connectivity index (χ4n) is 3.70. The monoisotopic (exact) mass is 383 g/mol. The van der Waals surface area contributed by atoms with Crippen molar-refractivity contribution in [1.29, 1.82) is 0 Å². The zero-order chi connectivity index (χ0) is 19.4. The van der Waals surface area contributed by atoms with E-state index in [0.29, 0.717) is 6.61 Å². The smallest absolute Gasteiger partial charge is 0.434 e. The molecule has 1 aliphatic rings. The van der Waals surface area contributed by atoms with E-state index in [0.717, 1.165) is 32.4 Å². The lowest BCUT2D eigenvalue weighted by atomic mass is 10.0. The molecule has 0 bridgehead atoms. The van der Waals surface area contributed by atoms with Gasteiger partial charge in [-0.25, -0.2) is 4.79 Å². The van der Waals surface area contributed by atoms with Gasteiger partial charge in [0.25, 0.3) is 0 Å². The molecule has 0 aromatic rings. The van der Waals surface area contributed by atoms with Gasteiger partial charge in [-0.3, -0.25) is 0 Å². The molecule has 1 unspecified atom stereocenters. The van der Waals surface area contributed by atoms with Crippen molar-refractivity contribution in [2.45, 2.75) is 122 Å². The summed E-state index contributed by atoms with van der Waals surface area (Å²) in [5, 5.41) is 3.17. The van der Waals surface area contributed by atoms with Crippen molar-refractivity contribution in [3.8, 4) is 0 Å². The van der Waals surface area contributed by atoms with Crippen molar-refractivity contribution in [3.05, 3.63) is 0 Å². The van der Waals surface area contributed by atoms with E-state index in [1.54, 1.807) is 0 Å². The zero-order valence-electron chi connectivity index (χ0n) is 17.9. The zero-order valence-corrected chi connectivity index (χ0v) is 17.9. The van der Waals surface area contributed by atoms with Crippen LogP contribution in [0.2, 0.25) is 0 Å². The van der Waals surface area contributed by atoms with E-state index in [1.807, 2.05) is 0 Å². The lowest BCUT2D eigenvalue weighted by Crippen LogP contribution is -2.21. The Balaban J connectivity index is 1.69. The predicted octanol–water partition coefficient (Wildman–Crippen LogP) is 6.76. The van der Waals surface area contributed by atoms with E-state index in [2.05, 4.69) is 12.2 Å². The third-order valence-corrected chi connectivity index (χ3v) is 5.50.